The number of hydrogen-bond donors (Lipinski definition) is 0. The fourth-order valence-corrected chi connectivity index (χ4v) is 4.47. The molecule has 2 saturated heterocycles. The zero-order chi connectivity index (χ0) is 15.4. The Labute approximate surface area is 129 Å². The van der Waals surface area contributed by atoms with E-state index in [1.54, 1.807) is 11.8 Å². The zero-order valence-electron chi connectivity index (χ0n) is 12.6. The van der Waals surface area contributed by atoms with Crippen LogP contribution in [0.5, 0.6) is 0 Å². The molecule has 0 spiro atoms. The van der Waals surface area contributed by atoms with Gasteiger partial charge in [-0.15, -0.1) is 0 Å². The van der Waals surface area contributed by atoms with Crippen LogP contribution in [-0.4, -0.2) is 59.9 Å². The van der Waals surface area contributed by atoms with Crippen LogP contribution in [0.1, 0.15) is 13.3 Å². The third kappa shape index (κ3) is 1.79. The van der Waals surface area contributed by atoms with Crippen LogP contribution in [0, 0.1) is 23.7 Å². The van der Waals surface area contributed by atoms with Crippen LogP contribution in [-0.2, 0) is 19.1 Å². The summed E-state index contributed by atoms with van der Waals surface area (Å²) in [6.07, 6.45) is 5.04. The van der Waals surface area contributed by atoms with Gasteiger partial charge in [0.15, 0.2) is 0 Å². The summed E-state index contributed by atoms with van der Waals surface area (Å²) < 4.78 is 5.24. The lowest BCUT2D eigenvalue weighted by molar-refractivity contribution is -0.153. The van der Waals surface area contributed by atoms with Crippen molar-refractivity contribution >= 4 is 17.7 Å². The van der Waals surface area contributed by atoms with Crippen LogP contribution in [0.25, 0.3) is 0 Å². The lowest BCUT2D eigenvalue weighted by atomic mass is 9.85. The van der Waals surface area contributed by atoms with Gasteiger partial charge >= 0.3 is 0 Å². The van der Waals surface area contributed by atoms with Gasteiger partial charge in [0.2, 0.25) is 17.7 Å². The summed E-state index contributed by atoms with van der Waals surface area (Å²) in [6.45, 7) is 3.75. The highest BCUT2D eigenvalue weighted by Gasteiger charge is 2.60. The predicted octanol–water partition coefficient (Wildman–Crippen LogP) is 0.0408. The molecular formula is C16H20N2O4. The first-order valence-electron chi connectivity index (χ1n) is 8.01. The van der Waals surface area contributed by atoms with E-state index < -0.39 is 6.04 Å². The average molecular weight is 304 g/mol. The molecular weight excluding hydrogens is 284 g/mol. The Morgan fingerprint density at radius 1 is 1.14 bits per heavy atom. The molecule has 2 aliphatic carbocycles. The van der Waals surface area contributed by atoms with E-state index in [0.717, 1.165) is 6.42 Å². The molecule has 0 radical (unpaired) electrons. The number of hydrogen-bond acceptors (Lipinski definition) is 4. The number of fused-ring (bicyclic) bond motifs is 5. The van der Waals surface area contributed by atoms with Crippen molar-refractivity contribution in [3.05, 3.63) is 12.2 Å². The number of carbonyl (C=O) groups excluding carboxylic acids is 3. The van der Waals surface area contributed by atoms with E-state index in [0.29, 0.717) is 26.3 Å². The maximum absolute atomic E-state index is 12.7. The van der Waals surface area contributed by atoms with Crippen LogP contribution < -0.4 is 0 Å². The second-order valence-electron chi connectivity index (χ2n) is 6.66. The van der Waals surface area contributed by atoms with Crippen molar-refractivity contribution in [2.24, 2.45) is 23.7 Å². The van der Waals surface area contributed by atoms with Crippen molar-refractivity contribution in [1.29, 1.82) is 0 Å². The van der Waals surface area contributed by atoms with E-state index >= 15 is 0 Å². The largest absolute Gasteiger partial charge is 0.378 e. The number of rotatable bonds is 2. The van der Waals surface area contributed by atoms with Gasteiger partial charge in [0.05, 0.1) is 25.0 Å². The highest BCUT2D eigenvalue weighted by atomic mass is 16.5. The maximum atomic E-state index is 12.7. The number of carbonyl (C=O) groups is 3. The van der Waals surface area contributed by atoms with Gasteiger partial charge in [0, 0.05) is 13.1 Å². The number of allylic oxidation sites excluding steroid dienone is 2. The standard InChI is InChI=1S/C16H20N2O4/c1-9(14(19)17-4-6-22-7-5-17)18-15(20)12-10-2-3-11(8-10)13(12)16(18)21/h2-3,9-13H,4-8H2,1H3/t9-,10+,11+,12+,13+/m1/s1. The van der Waals surface area contributed by atoms with E-state index in [2.05, 4.69) is 12.2 Å². The second-order valence-corrected chi connectivity index (χ2v) is 6.66. The van der Waals surface area contributed by atoms with Gasteiger partial charge in [-0.05, 0) is 25.2 Å². The summed E-state index contributed by atoms with van der Waals surface area (Å²) in [5.41, 5.74) is 0. The Hall–Kier alpha value is -1.69. The summed E-state index contributed by atoms with van der Waals surface area (Å²) in [6, 6.07) is -0.705. The van der Waals surface area contributed by atoms with Crippen LogP contribution in [0.15, 0.2) is 12.2 Å². The van der Waals surface area contributed by atoms with Crippen LogP contribution >= 0.6 is 0 Å². The first-order valence-corrected chi connectivity index (χ1v) is 8.01. The first kappa shape index (κ1) is 13.9. The quantitative estimate of drug-likeness (QED) is 0.534. The molecule has 118 valence electrons. The van der Waals surface area contributed by atoms with E-state index in [1.807, 2.05) is 0 Å². The van der Waals surface area contributed by atoms with E-state index in [9.17, 15) is 14.4 Å². The highest BCUT2D eigenvalue weighted by molar-refractivity contribution is 6.09. The molecule has 2 heterocycles. The van der Waals surface area contributed by atoms with Crippen molar-refractivity contribution < 1.29 is 19.1 Å². The summed E-state index contributed by atoms with van der Waals surface area (Å²) in [5.74, 6) is -0.554. The average Bonchev–Trinajstić information content (AvgIpc) is 3.21. The van der Waals surface area contributed by atoms with E-state index in [4.69, 9.17) is 4.74 Å². The van der Waals surface area contributed by atoms with Gasteiger partial charge < -0.3 is 9.64 Å². The summed E-state index contributed by atoms with van der Waals surface area (Å²) in [5, 5.41) is 0. The van der Waals surface area contributed by atoms with E-state index in [1.165, 1.54) is 4.90 Å². The van der Waals surface area contributed by atoms with Gasteiger partial charge in [-0.25, -0.2) is 0 Å². The molecule has 4 rings (SSSR count). The molecule has 0 N–H and O–H groups in total. The molecule has 0 aromatic carbocycles. The molecule has 2 aliphatic heterocycles. The van der Waals surface area contributed by atoms with Crippen molar-refractivity contribution in [2.45, 2.75) is 19.4 Å². The number of ether oxygens (including phenoxy) is 1. The normalized spacial score (nSPS) is 37.9. The van der Waals surface area contributed by atoms with Gasteiger partial charge in [-0.1, -0.05) is 12.2 Å². The van der Waals surface area contributed by atoms with Crippen LogP contribution in [0.3, 0.4) is 0 Å². The van der Waals surface area contributed by atoms with Crippen molar-refractivity contribution in [3.8, 4) is 0 Å². The Morgan fingerprint density at radius 2 is 1.68 bits per heavy atom. The minimum Gasteiger partial charge on any atom is -0.378 e. The summed E-state index contributed by atoms with van der Waals surface area (Å²) >= 11 is 0. The number of amides is 3. The Kier molecular flexibility index (Phi) is 3.11. The fourth-order valence-electron chi connectivity index (χ4n) is 4.47. The molecule has 0 unspecified atom stereocenters. The molecule has 3 amide bonds. The topological polar surface area (TPSA) is 66.9 Å². The molecule has 2 bridgehead atoms. The molecule has 0 aromatic heterocycles. The minimum atomic E-state index is -0.705. The number of likely N-dealkylation sites (tertiary alicyclic amines) is 1. The molecule has 4 aliphatic rings. The maximum Gasteiger partial charge on any atom is 0.245 e. The monoisotopic (exact) mass is 304 g/mol. The van der Waals surface area contributed by atoms with Crippen LogP contribution in [0.4, 0.5) is 0 Å². The van der Waals surface area contributed by atoms with Crippen LogP contribution in [0.2, 0.25) is 0 Å². The fraction of sp³-hybridized carbons (Fsp3) is 0.688. The molecule has 6 heteroatoms. The van der Waals surface area contributed by atoms with Gasteiger partial charge in [-0.3, -0.25) is 19.3 Å². The Balaban J connectivity index is 1.54. The molecule has 3 fully saturated rings. The SMILES string of the molecule is C[C@H](C(=O)N1CCOCC1)N1C(=O)[C@@H]2[C@@H](C1=O)[C@H]1C=C[C@H]2C1. The van der Waals surface area contributed by atoms with Crippen molar-refractivity contribution in [3.63, 3.8) is 0 Å². The molecule has 0 aromatic rings. The number of imide groups is 1. The molecule has 22 heavy (non-hydrogen) atoms. The third-order valence-electron chi connectivity index (χ3n) is 5.57. The minimum absolute atomic E-state index is 0.148. The summed E-state index contributed by atoms with van der Waals surface area (Å²) in [4.78, 5) is 40.9. The smallest absolute Gasteiger partial charge is 0.245 e. The van der Waals surface area contributed by atoms with Crippen molar-refractivity contribution in [1.82, 2.24) is 9.80 Å². The second kappa shape index (κ2) is 4.91. The zero-order valence-corrected chi connectivity index (χ0v) is 12.6. The third-order valence-corrected chi connectivity index (χ3v) is 5.57. The molecule has 6 nitrogen and oxygen atoms in total. The van der Waals surface area contributed by atoms with Crippen molar-refractivity contribution in [2.75, 3.05) is 26.3 Å². The Bertz CT molecular complexity index is 536. The number of nitrogens with zero attached hydrogens (tertiary/aromatic N) is 2. The predicted molar refractivity (Wildman–Crippen MR) is 76.4 cm³/mol. The van der Waals surface area contributed by atoms with Gasteiger partial charge in [-0.2, -0.15) is 0 Å². The van der Waals surface area contributed by atoms with Gasteiger partial charge in [0.25, 0.3) is 0 Å². The van der Waals surface area contributed by atoms with Gasteiger partial charge in [0.1, 0.15) is 6.04 Å². The molecule has 1 saturated carbocycles. The Morgan fingerprint density at radius 3 is 2.23 bits per heavy atom. The molecule has 5 atom stereocenters. The van der Waals surface area contributed by atoms with E-state index in [-0.39, 0.29) is 41.4 Å². The highest BCUT2D eigenvalue weighted by Crippen LogP contribution is 2.52. The lowest BCUT2D eigenvalue weighted by Gasteiger charge is -2.32. The number of morpholine rings is 1. The lowest BCUT2D eigenvalue weighted by Crippen LogP contribution is -2.52. The summed E-state index contributed by atoms with van der Waals surface area (Å²) in [7, 11) is 0. The first-order chi connectivity index (χ1) is 10.6.